The molecule has 0 aliphatic heterocycles. The highest BCUT2D eigenvalue weighted by molar-refractivity contribution is 9.10. The van der Waals surface area contributed by atoms with Crippen molar-refractivity contribution in [3.05, 3.63) is 53.8 Å². The maximum Gasteiger partial charge on any atom is 0.129 e. The standard InChI is InChI=1S/C11H7Br2ClFNS/c12-6-1-2-17-11(6)10(16)5-3-8(14)7(13)4-9(5)15/h1-4,10H,16H2. The maximum atomic E-state index is 13.8. The van der Waals surface area contributed by atoms with Crippen molar-refractivity contribution >= 4 is 54.8 Å². The smallest absolute Gasteiger partial charge is 0.129 e. The minimum atomic E-state index is -0.519. The van der Waals surface area contributed by atoms with Crippen LogP contribution in [0.1, 0.15) is 16.5 Å². The first-order valence-electron chi connectivity index (χ1n) is 4.63. The van der Waals surface area contributed by atoms with Gasteiger partial charge in [0.2, 0.25) is 0 Å². The fourth-order valence-corrected chi connectivity index (χ4v) is 3.57. The van der Waals surface area contributed by atoms with Crippen molar-refractivity contribution in [3.63, 3.8) is 0 Å². The van der Waals surface area contributed by atoms with Crippen LogP contribution in [0.5, 0.6) is 0 Å². The van der Waals surface area contributed by atoms with E-state index in [-0.39, 0.29) is 5.82 Å². The van der Waals surface area contributed by atoms with Gasteiger partial charge >= 0.3 is 0 Å². The highest BCUT2D eigenvalue weighted by Gasteiger charge is 2.18. The first-order chi connectivity index (χ1) is 8.00. The summed E-state index contributed by atoms with van der Waals surface area (Å²) in [5.41, 5.74) is 6.44. The number of nitrogens with two attached hydrogens (primary N) is 1. The minimum absolute atomic E-state index is 0.367. The van der Waals surface area contributed by atoms with Crippen molar-refractivity contribution in [2.75, 3.05) is 0 Å². The number of rotatable bonds is 2. The summed E-state index contributed by atoms with van der Waals surface area (Å²) in [6.45, 7) is 0. The fraction of sp³-hybridized carbons (Fsp3) is 0.0909. The van der Waals surface area contributed by atoms with Crippen LogP contribution in [0.25, 0.3) is 0 Å². The average Bonchev–Trinajstić information content (AvgIpc) is 2.69. The average molecular weight is 400 g/mol. The van der Waals surface area contributed by atoms with Gasteiger partial charge in [0.15, 0.2) is 0 Å². The summed E-state index contributed by atoms with van der Waals surface area (Å²) in [7, 11) is 0. The van der Waals surface area contributed by atoms with Crippen molar-refractivity contribution in [1.29, 1.82) is 0 Å². The van der Waals surface area contributed by atoms with E-state index in [1.807, 2.05) is 11.4 Å². The van der Waals surface area contributed by atoms with Gasteiger partial charge in [0.05, 0.1) is 11.1 Å². The lowest BCUT2D eigenvalue weighted by atomic mass is 10.1. The second-order valence-corrected chi connectivity index (χ2v) is 6.46. The molecule has 0 bridgehead atoms. The molecule has 0 saturated carbocycles. The quantitative estimate of drug-likeness (QED) is 0.698. The predicted octanol–water partition coefficient (Wildman–Crippen LogP) is 5.11. The molecule has 0 saturated heterocycles. The van der Waals surface area contributed by atoms with Crippen LogP contribution >= 0.6 is 54.8 Å². The molecule has 0 fully saturated rings. The van der Waals surface area contributed by atoms with Crippen LogP contribution in [0.3, 0.4) is 0 Å². The Morgan fingerprint density at radius 3 is 2.59 bits per heavy atom. The van der Waals surface area contributed by atoms with Gasteiger partial charge in [-0.2, -0.15) is 0 Å². The number of hydrogen-bond donors (Lipinski definition) is 1. The van der Waals surface area contributed by atoms with Crippen LogP contribution < -0.4 is 5.73 Å². The molecule has 0 aliphatic rings. The molecular formula is C11H7Br2ClFNS. The molecule has 0 spiro atoms. The normalized spacial score (nSPS) is 12.8. The van der Waals surface area contributed by atoms with Gasteiger partial charge in [0.1, 0.15) is 5.82 Å². The summed E-state index contributed by atoms with van der Waals surface area (Å²) < 4.78 is 15.2. The summed E-state index contributed by atoms with van der Waals surface area (Å²) >= 11 is 14.0. The Morgan fingerprint density at radius 1 is 1.29 bits per heavy atom. The van der Waals surface area contributed by atoms with E-state index in [0.717, 1.165) is 9.35 Å². The van der Waals surface area contributed by atoms with Crippen LogP contribution in [0.2, 0.25) is 5.02 Å². The number of benzene rings is 1. The van der Waals surface area contributed by atoms with E-state index in [1.165, 1.54) is 17.4 Å². The first-order valence-corrected chi connectivity index (χ1v) is 7.48. The van der Waals surface area contributed by atoms with E-state index >= 15 is 0 Å². The van der Waals surface area contributed by atoms with Crippen molar-refractivity contribution in [3.8, 4) is 0 Å². The molecule has 0 amide bonds. The minimum Gasteiger partial charge on any atom is -0.319 e. The van der Waals surface area contributed by atoms with E-state index < -0.39 is 6.04 Å². The Kier molecular flexibility index (Phi) is 4.26. The zero-order chi connectivity index (χ0) is 12.6. The van der Waals surface area contributed by atoms with Gasteiger partial charge in [-0.3, -0.25) is 0 Å². The van der Waals surface area contributed by atoms with Crippen LogP contribution in [-0.4, -0.2) is 0 Å². The summed E-state index contributed by atoms with van der Waals surface area (Å²) in [6.07, 6.45) is 0. The van der Waals surface area contributed by atoms with Gasteiger partial charge in [-0.05, 0) is 55.4 Å². The van der Waals surface area contributed by atoms with Gasteiger partial charge < -0.3 is 5.73 Å². The summed E-state index contributed by atoms with van der Waals surface area (Å²) in [6, 6.07) is 4.25. The van der Waals surface area contributed by atoms with Gasteiger partial charge in [-0.25, -0.2) is 4.39 Å². The van der Waals surface area contributed by atoms with E-state index in [1.54, 1.807) is 6.07 Å². The van der Waals surface area contributed by atoms with Gasteiger partial charge in [0, 0.05) is 19.4 Å². The Balaban J connectivity index is 2.48. The molecule has 1 aromatic carbocycles. The Labute approximate surface area is 124 Å². The molecule has 0 aliphatic carbocycles. The number of thiophene rings is 1. The highest BCUT2D eigenvalue weighted by Crippen LogP contribution is 2.35. The van der Waals surface area contributed by atoms with Crippen molar-refractivity contribution in [2.24, 2.45) is 5.73 Å². The zero-order valence-electron chi connectivity index (χ0n) is 8.38. The number of hydrogen-bond acceptors (Lipinski definition) is 2. The lowest BCUT2D eigenvalue weighted by molar-refractivity contribution is 0.600. The third kappa shape index (κ3) is 2.74. The van der Waals surface area contributed by atoms with Crippen molar-refractivity contribution in [2.45, 2.75) is 6.04 Å². The molecule has 1 unspecified atom stereocenters. The van der Waals surface area contributed by atoms with Crippen LogP contribution in [0, 0.1) is 5.82 Å². The summed E-state index contributed by atoms with van der Waals surface area (Å²) in [5, 5.41) is 2.35. The van der Waals surface area contributed by atoms with Crippen LogP contribution in [0.15, 0.2) is 32.5 Å². The van der Waals surface area contributed by atoms with Crippen LogP contribution in [0.4, 0.5) is 4.39 Å². The number of halogens is 4. The molecule has 17 heavy (non-hydrogen) atoms. The Hall–Kier alpha value is 0.0600. The third-order valence-corrected chi connectivity index (χ3v) is 5.45. The van der Waals surface area contributed by atoms with Gasteiger partial charge in [-0.15, -0.1) is 11.3 Å². The van der Waals surface area contributed by atoms with E-state index in [9.17, 15) is 4.39 Å². The summed E-state index contributed by atoms with van der Waals surface area (Å²) in [4.78, 5) is 0.877. The summed E-state index contributed by atoms with van der Waals surface area (Å²) in [5.74, 6) is -0.367. The van der Waals surface area contributed by atoms with Crippen molar-refractivity contribution < 1.29 is 4.39 Å². The SMILES string of the molecule is NC(c1cc(Cl)c(Br)cc1F)c1sccc1Br. The molecule has 1 heterocycles. The van der Waals surface area contributed by atoms with E-state index in [2.05, 4.69) is 31.9 Å². The van der Waals surface area contributed by atoms with Crippen LogP contribution in [-0.2, 0) is 0 Å². The molecule has 2 rings (SSSR count). The van der Waals surface area contributed by atoms with E-state index in [4.69, 9.17) is 17.3 Å². The monoisotopic (exact) mass is 397 g/mol. The lowest BCUT2D eigenvalue weighted by Gasteiger charge is -2.13. The topological polar surface area (TPSA) is 26.0 Å². The second-order valence-electron chi connectivity index (χ2n) is 3.40. The van der Waals surface area contributed by atoms with Gasteiger partial charge in [-0.1, -0.05) is 11.6 Å². The Bertz CT molecular complexity index is 558. The molecular weight excluding hydrogens is 392 g/mol. The highest BCUT2D eigenvalue weighted by atomic mass is 79.9. The molecule has 6 heteroatoms. The van der Waals surface area contributed by atoms with Crippen molar-refractivity contribution in [1.82, 2.24) is 0 Å². The molecule has 2 aromatic rings. The van der Waals surface area contributed by atoms with E-state index in [0.29, 0.717) is 15.1 Å². The maximum absolute atomic E-state index is 13.8. The lowest BCUT2D eigenvalue weighted by Crippen LogP contribution is -2.12. The molecule has 0 radical (unpaired) electrons. The largest absolute Gasteiger partial charge is 0.319 e. The third-order valence-electron chi connectivity index (χ3n) is 2.30. The first kappa shape index (κ1) is 13.5. The molecule has 1 aromatic heterocycles. The predicted molar refractivity (Wildman–Crippen MR) is 77.2 cm³/mol. The zero-order valence-corrected chi connectivity index (χ0v) is 13.1. The molecule has 1 atom stereocenters. The molecule has 1 nitrogen and oxygen atoms in total. The Morgan fingerprint density at radius 2 is 2.00 bits per heavy atom. The second kappa shape index (κ2) is 5.36. The fourth-order valence-electron chi connectivity index (χ4n) is 1.44. The van der Waals surface area contributed by atoms with Gasteiger partial charge in [0.25, 0.3) is 0 Å². The molecule has 90 valence electrons. The molecule has 2 N–H and O–H groups in total.